The SMILES string of the molecule is BrCC1(CN2CCC3(CCCC3)C2)CCCCC1. The van der Waals surface area contributed by atoms with E-state index < -0.39 is 0 Å². The van der Waals surface area contributed by atoms with Crippen LogP contribution in [-0.2, 0) is 0 Å². The van der Waals surface area contributed by atoms with Gasteiger partial charge in [-0.25, -0.2) is 0 Å². The van der Waals surface area contributed by atoms with Gasteiger partial charge in [-0.05, 0) is 49.5 Å². The van der Waals surface area contributed by atoms with Crippen LogP contribution in [0.5, 0.6) is 0 Å². The summed E-state index contributed by atoms with van der Waals surface area (Å²) >= 11 is 3.82. The summed E-state index contributed by atoms with van der Waals surface area (Å²) in [5.74, 6) is 0. The molecule has 0 amide bonds. The van der Waals surface area contributed by atoms with Gasteiger partial charge in [0.25, 0.3) is 0 Å². The van der Waals surface area contributed by atoms with Crippen molar-refractivity contribution in [3.05, 3.63) is 0 Å². The molecule has 2 heteroatoms. The van der Waals surface area contributed by atoms with Gasteiger partial charge < -0.3 is 4.90 Å². The molecule has 0 unspecified atom stereocenters. The van der Waals surface area contributed by atoms with Crippen LogP contribution in [-0.4, -0.2) is 29.9 Å². The Hall–Kier alpha value is 0.440. The fraction of sp³-hybridized carbons (Fsp3) is 1.00. The fourth-order valence-electron chi connectivity index (χ4n) is 4.81. The van der Waals surface area contributed by atoms with E-state index in [2.05, 4.69) is 20.8 Å². The zero-order valence-electron chi connectivity index (χ0n) is 11.7. The summed E-state index contributed by atoms with van der Waals surface area (Å²) in [5.41, 5.74) is 1.37. The predicted octanol–water partition coefficient (Wildman–Crippen LogP) is 4.60. The Morgan fingerprint density at radius 2 is 1.50 bits per heavy atom. The average molecular weight is 314 g/mol. The van der Waals surface area contributed by atoms with Crippen molar-refractivity contribution in [2.24, 2.45) is 10.8 Å². The molecule has 1 heterocycles. The molecule has 18 heavy (non-hydrogen) atoms. The molecule has 0 aromatic carbocycles. The molecule has 0 atom stereocenters. The Balaban J connectivity index is 1.59. The summed E-state index contributed by atoms with van der Waals surface area (Å²) < 4.78 is 0. The van der Waals surface area contributed by atoms with Gasteiger partial charge in [-0.2, -0.15) is 0 Å². The zero-order chi connectivity index (χ0) is 12.5. The van der Waals surface area contributed by atoms with Gasteiger partial charge in [0.05, 0.1) is 0 Å². The zero-order valence-corrected chi connectivity index (χ0v) is 13.3. The second kappa shape index (κ2) is 5.44. The van der Waals surface area contributed by atoms with Crippen LogP contribution in [0.2, 0.25) is 0 Å². The molecule has 3 rings (SSSR count). The summed E-state index contributed by atoms with van der Waals surface area (Å²) in [6.45, 7) is 4.18. The van der Waals surface area contributed by atoms with Gasteiger partial charge in [0.15, 0.2) is 0 Å². The molecule has 1 nitrogen and oxygen atoms in total. The monoisotopic (exact) mass is 313 g/mol. The van der Waals surface area contributed by atoms with Crippen molar-refractivity contribution in [2.75, 3.05) is 25.0 Å². The maximum Gasteiger partial charge on any atom is 0.0100 e. The van der Waals surface area contributed by atoms with Crippen LogP contribution in [0, 0.1) is 10.8 Å². The number of hydrogen-bond donors (Lipinski definition) is 0. The molecule has 1 saturated heterocycles. The van der Waals surface area contributed by atoms with E-state index in [-0.39, 0.29) is 0 Å². The van der Waals surface area contributed by atoms with Crippen LogP contribution in [0.1, 0.15) is 64.2 Å². The summed E-state index contributed by atoms with van der Waals surface area (Å²) in [4.78, 5) is 2.82. The van der Waals surface area contributed by atoms with Crippen LogP contribution in [0.15, 0.2) is 0 Å². The summed E-state index contributed by atoms with van der Waals surface area (Å²) in [6, 6.07) is 0. The van der Waals surface area contributed by atoms with E-state index in [1.54, 1.807) is 0 Å². The second-order valence-electron chi connectivity index (χ2n) is 7.36. The van der Waals surface area contributed by atoms with Crippen LogP contribution in [0.4, 0.5) is 0 Å². The number of hydrogen-bond acceptors (Lipinski definition) is 1. The first-order valence-corrected chi connectivity index (χ1v) is 9.17. The van der Waals surface area contributed by atoms with Gasteiger partial charge in [-0.15, -0.1) is 0 Å². The standard InChI is InChI=1S/C16H28BrN/c17-12-16(8-2-1-3-9-16)14-18-11-10-15(13-18)6-4-5-7-15/h1-14H2. The highest BCUT2D eigenvalue weighted by molar-refractivity contribution is 9.09. The predicted molar refractivity (Wildman–Crippen MR) is 81.3 cm³/mol. The van der Waals surface area contributed by atoms with Gasteiger partial charge in [-0.3, -0.25) is 0 Å². The molecule has 0 aromatic rings. The number of likely N-dealkylation sites (tertiary alicyclic amines) is 1. The Labute approximate surface area is 121 Å². The molecular formula is C16H28BrN. The van der Waals surface area contributed by atoms with E-state index in [9.17, 15) is 0 Å². The lowest BCUT2D eigenvalue weighted by Gasteiger charge is -2.39. The molecule has 0 N–H and O–H groups in total. The number of alkyl halides is 1. The van der Waals surface area contributed by atoms with E-state index in [4.69, 9.17) is 0 Å². The molecule has 2 saturated carbocycles. The van der Waals surface area contributed by atoms with Crippen molar-refractivity contribution in [3.63, 3.8) is 0 Å². The molecule has 0 radical (unpaired) electrons. The van der Waals surface area contributed by atoms with Crippen LogP contribution in [0.25, 0.3) is 0 Å². The van der Waals surface area contributed by atoms with E-state index in [0.29, 0.717) is 5.41 Å². The Morgan fingerprint density at radius 3 is 2.17 bits per heavy atom. The van der Waals surface area contributed by atoms with Crippen molar-refractivity contribution in [1.82, 2.24) is 4.90 Å². The van der Waals surface area contributed by atoms with Gasteiger partial charge >= 0.3 is 0 Å². The maximum absolute atomic E-state index is 3.82. The number of nitrogens with zero attached hydrogens (tertiary/aromatic N) is 1. The maximum atomic E-state index is 3.82. The quantitative estimate of drug-likeness (QED) is 0.688. The van der Waals surface area contributed by atoms with E-state index in [0.717, 1.165) is 5.41 Å². The molecule has 1 spiro atoms. The van der Waals surface area contributed by atoms with E-state index in [1.165, 1.54) is 89.2 Å². The minimum absolute atomic E-state index is 0.613. The molecular weight excluding hydrogens is 286 g/mol. The van der Waals surface area contributed by atoms with Crippen molar-refractivity contribution >= 4 is 15.9 Å². The van der Waals surface area contributed by atoms with Crippen LogP contribution >= 0.6 is 15.9 Å². The highest BCUT2D eigenvalue weighted by atomic mass is 79.9. The fourth-order valence-corrected chi connectivity index (χ4v) is 5.54. The van der Waals surface area contributed by atoms with Crippen molar-refractivity contribution < 1.29 is 0 Å². The highest BCUT2D eigenvalue weighted by Gasteiger charge is 2.42. The normalized spacial score (nSPS) is 31.2. The second-order valence-corrected chi connectivity index (χ2v) is 7.92. The van der Waals surface area contributed by atoms with Crippen molar-refractivity contribution in [3.8, 4) is 0 Å². The Morgan fingerprint density at radius 1 is 0.833 bits per heavy atom. The Bertz CT molecular complexity index is 277. The highest BCUT2D eigenvalue weighted by Crippen LogP contribution is 2.47. The number of halogens is 1. The van der Waals surface area contributed by atoms with Crippen LogP contribution < -0.4 is 0 Å². The molecule has 3 fully saturated rings. The van der Waals surface area contributed by atoms with Crippen LogP contribution in [0.3, 0.4) is 0 Å². The first-order chi connectivity index (χ1) is 8.76. The topological polar surface area (TPSA) is 3.24 Å². The molecule has 1 aliphatic heterocycles. The van der Waals surface area contributed by atoms with Gasteiger partial charge in [0.1, 0.15) is 0 Å². The minimum atomic E-state index is 0.613. The minimum Gasteiger partial charge on any atom is -0.302 e. The first-order valence-electron chi connectivity index (χ1n) is 8.04. The smallest absolute Gasteiger partial charge is 0.0100 e. The third-order valence-electron chi connectivity index (χ3n) is 5.94. The third kappa shape index (κ3) is 2.65. The lowest BCUT2D eigenvalue weighted by Crippen LogP contribution is -2.40. The lowest BCUT2D eigenvalue weighted by atomic mass is 9.75. The average Bonchev–Trinajstić information content (AvgIpc) is 3.02. The van der Waals surface area contributed by atoms with Gasteiger partial charge in [0.2, 0.25) is 0 Å². The summed E-state index contributed by atoms with van der Waals surface area (Å²) in [6.07, 6.45) is 14.8. The van der Waals surface area contributed by atoms with Gasteiger partial charge in [-0.1, -0.05) is 48.0 Å². The largest absolute Gasteiger partial charge is 0.302 e. The van der Waals surface area contributed by atoms with Crippen molar-refractivity contribution in [2.45, 2.75) is 64.2 Å². The molecule has 0 aromatic heterocycles. The van der Waals surface area contributed by atoms with Crippen molar-refractivity contribution in [1.29, 1.82) is 0 Å². The summed E-state index contributed by atoms with van der Waals surface area (Å²) in [7, 11) is 0. The lowest BCUT2D eigenvalue weighted by molar-refractivity contribution is 0.133. The summed E-state index contributed by atoms with van der Waals surface area (Å²) in [5, 5.41) is 1.23. The van der Waals surface area contributed by atoms with Gasteiger partial charge in [0, 0.05) is 18.4 Å². The molecule has 2 aliphatic carbocycles. The van der Waals surface area contributed by atoms with E-state index >= 15 is 0 Å². The van der Waals surface area contributed by atoms with E-state index in [1.807, 2.05) is 0 Å². The Kier molecular flexibility index (Phi) is 4.06. The molecule has 3 aliphatic rings. The number of rotatable bonds is 3. The third-order valence-corrected chi connectivity index (χ3v) is 7.13. The molecule has 104 valence electrons. The first kappa shape index (κ1) is 13.4. The molecule has 0 bridgehead atoms.